The highest BCUT2D eigenvalue weighted by Gasteiger charge is 2.46. The molecule has 1 saturated heterocycles. The van der Waals surface area contributed by atoms with Gasteiger partial charge in [0, 0.05) is 24.2 Å². The second kappa shape index (κ2) is 4.59. The van der Waals surface area contributed by atoms with Crippen molar-refractivity contribution in [3.8, 4) is 0 Å². The number of hydrogen-bond acceptors (Lipinski definition) is 2. The van der Waals surface area contributed by atoms with Crippen LogP contribution < -0.4 is 0 Å². The Morgan fingerprint density at radius 3 is 2.95 bits per heavy atom. The van der Waals surface area contributed by atoms with Crippen molar-refractivity contribution in [2.24, 2.45) is 11.8 Å². The fourth-order valence-electron chi connectivity index (χ4n) is 5.41. The molecular weight excluding hydrogens is 272 g/mol. The van der Waals surface area contributed by atoms with Crippen LogP contribution in [0, 0.1) is 11.8 Å². The molecule has 3 aliphatic heterocycles. The van der Waals surface area contributed by atoms with Gasteiger partial charge in [-0.3, -0.25) is 4.90 Å². The lowest BCUT2D eigenvalue weighted by atomic mass is 9.74. The van der Waals surface area contributed by atoms with Gasteiger partial charge in [-0.2, -0.15) is 0 Å². The van der Waals surface area contributed by atoms with Gasteiger partial charge in [0.1, 0.15) is 6.23 Å². The Morgan fingerprint density at radius 1 is 1.23 bits per heavy atom. The summed E-state index contributed by atoms with van der Waals surface area (Å²) < 4.78 is 2.25. The molecule has 0 unspecified atom stereocenters. The summed E-state index contributed by atoms with van der Waals surface area (Å²) in [6, 6.07) is 9.20. The van der Waals surface area contributed by atoms with E-state index in [4.69, 9.17) is 0 Å². The first-order valence-corrected chi connectivity index (χ1v) is 8.81. The Balaban J connectivity index is 1.74. The van der Waals surface area contributed by atoms with Gasteiger partial charge in [0.2, 0.25) is 0 Å². The van der Waals surface area contributed by atoms with Crippen LogP contribution in [0.4, 0.5) is 0 Å². The molecule has 0 aliphatic carbocycles. The third-order valence-corrected chi connectivity index (χ3v) is 6.34. The predicted octanol–water partition coefficient (Wildman–Crippen LogP) is 3.48. The van der Waals surface area contributed by atoms with Gasteiger partial charge in [-0.05, 0) is 42.7 Å². The van der Waals surface area contributed by atoms with E-state index in [0.717, 1.165) is 18.8 Å². The van der Waals surface area contributed by atoms with Gasteiger partial charge in [0.25, 0.3) is 0 Å². The largest absolute Gasteiger partial charge is 0.373 e. The van der Waals surface area contributed by atoms with Crippen molar-refractivity contribution in [2.75, 3.05) is 13.1 Å². The van der Waals surface area contributed by atoms with E-state index in [9.17, 15) is 5.11 Å². The molecule has 0 saturated carbocycles. The highest BCUT2D eigenvalue weighted by Crippen LogP contribution is 2.52. The molecule has 1 fully saturated rings. The normalized spacial score (nSPS) is 33.9. The van der Waals surface area contributed by atoms with Crippen molar-refractivity contribution < 1.29 is 5.11 Å². The first-order valence-electron chi connectivity index (χ1n) is 8.81. The highest BCUT2D eigenvalue weighted by molar-refractivity contribution is 5.86. The van der Waals surface area contributed by atoms with Crippen molar-refractivity contribution in [1.29, 1.82) is 0 Å². The quantitative estimate of drug-likeness (QED) is 0.872. The number of hydrogen-bond donors (Lipinski definition) is 1. The minimum Gasteiger partial charge on any atom is -0.373 e. The Morgan fingerprint density at radius 2 is 2.09 bits per heavy atom. The molecule has 116 valence electrons. The lowest BCUT2D eigenvalue weighted by Gasteiger charge is -2.51. The number of benzene rings is 1. The van der Waals surface area contributed by atoms with Crippen molar-refractivity contribution in [1.82, 2.24) is 9.47 Å². The van der Waals surface area contributed by atoms with Crippen molar-refractivity contribution in [2.45, 2.75) is 44.9 Å². The highest BCUT2D eigenvalue weighted by atomic mass is 16.3. The molecular formula is C19H24N2O. The minimum atomic E-state index is -0.342. The van der Waals surface area contributed by atoms with Gasteiger partial charge in [0.05, 0.1) is 11.6 Å². The summed E-state index contributed by atoms with van der Waals surface area (Å²) in [5.74, 6) is 1.44. The van der Waals surface area contributed by atoms with E-state index < -0.39 is 0 Å². The number of piperidine rings is 1. The topological polar surface area (TPSA) is 28.4 Å². The number of nitrogens with zero attached hydrogens (tertiary/aromatic N) is 2. The summed E-state index contributed by atoms with van der Waals surface area (Å²) in [5, 5.41) is 12.2. The summed E-state index contributed by atoms with van der Waals surface area (Å²) in [6.45, 7) is 4.75. The molecule has 4 heterocycles. The van der Waals surface area contributed by atoms with E-state index >= 15 is 0 Å². The molecule has 1 N–H and O–H groups in total. The van der Waals surface area contributed by atoms with Crippen molar-refractivity contribution >= 4 is 10.9 Å². The summed E-state index contributed by atoms with van der Waals surface area (Å²) in [4.78, 5) is 2.71. The molecule has 0 radical (unpaired) electrons. The Labute approximate surface area is 131 Å². The van der Waals surface area contributed by atoms with E-state index in [1.165, 1.54) is 48.1 Å². The maximum Gasteiger partial charge on any atom is 0.131 e. The zero-order valence-electron chi connectivity index (χ0n) is 13.2. The number of para-hydroxylation sites is 1. The van der Waals surface area contributed by atoms with Gasteiger partial charge < -0.3 is 9.67 Å². The minimum absolute atomic E-state index is 0.342. The standard InChI is InChI=1S/C19H24N2O/c1-2-12-9-13-10-17(22)21-16-6-4-3-5-14(16)15-7-8-20(11-12)18(13)19(15)21/h3-6,12-13,17-18,22H,2,7-11H2,1H3/t12-,13-,17-,18-/m1/s1. The fraction of sp³-hybridized carbons (Fsp3) is 0.579. The van der Waals surface area contributed by atoms with Gasteiger partial charge in [-0.15, -0.1) is 0 Å². The number of aliphatic hydroxyl groups is 1. The van der Waals surface area contributed by atoms with Crippen LogP contribution in [0.2, 0.25) is 0 Å². The molecule has 3 nitrogen and oxygen atoms in total. The first-order chi connectivity index (χ1) is 10.8. The lowest BCUT2D eigenvalue weighted by molar-refractivity contribution is -0.0324. The molecule has 3 heteroatoms. The molecule has 0 spiro atoms. The van der Waals surface area contributed by atoms with Gasteiger partial charge in [-0.1, -0.05) is 31.5 Å². The monoisotopic (exact) mass is 296 g/mol. The Hall–Kier alpha value is -1.32. The summed E-state index contributed by atoms with van der Waals surface area (Å²) in [5.41, 5.74) is 4.18. The van der Waals surface area contributed by atoms with E-state index in [0.29, 0.717) is 12.0 Å². The van der Waals surface area contributed by atoms with Crippen LogP contribution in [-0.4, -0.2) is 27.7 Å². The molecule has 22 heavy (non-hydrogen) atoms. The van der Waals surface area contributed by atoms with Crippen LogP contribution in [0.3, 0.4) is 0 Å². The van der Waals surface area contributed by atoms with Crippen molar-refractivity contribution in [3.05, 3.63) is 35.5 Å². The molecule has 3 aliphatic rings. The van der Waals surface area contributed by atoms with Crippen molar-refractivity contribution in [3.63, 3.8) is 0 Å². The Kier molecular flexibility index (Phi) is 2.74. The number of fused-ring (bicyclic) bond motifs is 3. The maximum absolute atomic E-state index is 10.8. The molecule has 4 atom stereocenters. The number of aromatic nitrogens is 1. The van der Waals surface area contributed by atoms with E-state index in [1.807, 2.05) is 0 Å². The molecule has 0 amide bonds. The molecule has 0 bridgehead atoms. The number of aliphatic hydroxyl groups excluding tert-OH is 1. The van der Waals surface area contributed by atoms with E-state index in [2.05, 4.69) is 40.7 Å². The smallest absolute Gasteiger partial charge is 0.131 e. The summed E-state index contributed by atoms with van der Waals surface area (Å²) >= 11 is 0. The third-order valence-electron chi connectivity index (χ3n) is 6.34. The maximum atomic E-state index is 10.8. The van der Waals surface area contributed by atoms with Gasteiger partial charge >= 0.3 is 0 Å². The average molecular weight is 296 g/mol. The van der Waals surface area contributed by atoms with Crippen LogP contribution in [0.25, 0.3) is 10.9 Å². The SMILES string of the molecule is CC[C@@H]1C[C@@H]2C[C@@H](O)n3c4c(c5ccccc53)CCN(C1)[C@@H]42. The second-order valence-electron chi connectivity index (χ2n) is 7.43. The lowest BCUT2D eigenvalue weighted by Crippen LogP contribution is -2.49. The van der Waals surface area contributed by atoms with Crippen LogP contribution in [0.1, 0.15) is 49.7 Å². The molecule has 5 rings (SSSR count). The summed E-state index contributed by atoms with van der Waals surface area (Å²) in [6.07, 6.45) is 4.27. The average Bonchev–Trinajstić information content (AvgIpc) is 2.89. The molecule has 1 aromatic heterocycles. The number of rotatable bonds is 1. The van der Waals surface area contributed by atoms with Crippen LogP contribution in [0.5, 0.6) is 0 Å². The van der Waals surface area contributed by atoms with Crippen LogP contribution >= 0.6 is 0 Å². The fourth-order valence-corrected chi connectivity index (χ4v) is 5.41. The first kappa shape index (κ1) is 13.1. The van der Waals surface area contributed by atoms with Gasteiger partial charge in [-0.25, -0.2) is 0 Å². The molecule has 2 aromatic rings. The third kappa shape index (κ3) is 1.59. The predicted molar refractivity (Wildman–Crippen MR) is 87.7 cm³/mol. The van der Waals surface area contributed by atoms with Crippen LogP contribution in [-0.2, 0) is 6.42 Å². The zero-order valence-corrected chi connectivity index (χ0v) is 13.2. The van der Waals surface area contributed by atoms with E-state index in [1.54, 1.807) is 0 Å². The Bertz CT molecular complexity index is 734. The summed E-state index contributed by atoms with van der Waals surface area (Å²) in [7, 11) is 0. The molecule has 1 aromatic carbocycles. The van der Waals surface area contributed by atoms with E-state index in [-0.39, 0.29) is 6.23 Å². The van der Waals surface area contributed by atoms with Crippen LogP contribution in [0.15, 0.2) is 24.3 Å². The zero-order chi connectivity index (χ0) is 14.8. The van der Waals surface area contributed by atoms with Gasteiger partial charge in [0.15, 0.2) is 0 Å². The second-order valence-corrected chi connectivity index (χ2v) is 7.43.